The van der Waals surface area contributed by atoms with Gasteiger partial charge in [-0.2, -0.15) is 0 Å². The molecule has 92 valence electrons. The Labute approximate surface area is 107 Å². The Morgan fingerprint density at radius 2 is 1.94 bits per heavy atom. The molecule has 0 amide bonds. The number of rotatable bonds is 3. The fraction of sp³-hybridized carbons (Fsp3) is 0.133. The van der Waals surface area contributed by atoms with Gasteiger partial charge in [0, 0.05) is 11.8 Å². The molecule has 18 heavy (non-hydrogen) atoms. The zero-order chi connectivity index (χ0) is 13.0. The third kappa shape index (κ3) is 2.51. The number of phenols is 1. The Bertz CT molecular complexity index is 576. The van der Waals surface area contributed by atoms with E-state index in [1.807, 2.05) is 43.3 Å². The van der Waals surface area contributed by atoms with E-state index in [0.717, 1.165) is 12.0 Å². The summed E-state index contributed by atoms with van der Waals surface area (Å²) >= 11 is 0. The molecule has 2 aromatic carbocycles. The van der Waals surface area contributed by atoms with Crippen LogP contribution in [-0.2, 0) is 6.42 Å². The number of aliphatic imine (C=N–C) groups is 1. The lowest BCUT2D eigenvalue weighted by Gasteiger charge is -2.04. The Morgan fingerprint density at radius 1 is 1.17 bits per heavy atom. The largest absolute Gasteiger partial charge is 0.507 e. The first-order chi connectivity index (χ1) is 8.72. The van der Waals surface area contributed by atoms with Crippen LogP contribution in [0.25, 0.3) is 0 Å². The fourth-order valence-corrected chi connectivity index (χ4v) is 1.74. The van der Waals surface area contributed by atoms with Gasteiger partial charge < -0.3 is 10.8 Å². The maximum atomic E-state index is 10.0. The average molecular weight is 240 g/mol. The molecular formula is C15H16N2O. The van der Waals surface area contributed by atoms with Crippen molar-refractivity contribution in [2.24, 2.45) is 4.99 Å². The molecule has 0 saturated carbocycles. The first kappa shape index (κ1) is 12.2. The SMILES string of the molecule is CCc1cccc(C=Nc2ccccc2N)c1O. The third-order valence-electron chi connectivity index (χ3n) is 2.81. The number of aryl methyl sites for hydroxylation is 1. The number of phenolic OH excluding ortho intramolecular Hbond substituents is 1. The molecule has 0 atom stereocenters. The molecule has 0 aliphatic rings. The maximum Gasteiger partial charge on any atom is 0.127 e. The molecule has 3 heteroatoms. The second kappa shape index (κ2) is 5.36. The molecule has 3 nitrogen and oxygen atoms in total. The Kier molecular flexibility index (Phi) is 3.63. The predicted molar refractivity (Wildman–Crippen MR) is 75.6 cm³/mol. The number of hydrogen-bond acceptors (Lipinski definition) is 3. The molecule has 0 aliphatic heterocycles. The van der Waals surface area contributed by atoms with Crippen LogP contribution >= 0.6 is 0 Å². The lowest BCUT2D eigenvalue weighted by Crippen LogP contribution is -1.89. The van der Waals surface area contributed by atoms with Gasteiger partial charge in [0.2, 0.25) is 0 Å². The van der Waals surface area contributed by atoms with Gasteiger partial charge in [-0.15, -0.1) is 0 Å². The highest BCUT2D eigenvalue weighted by Gasteiger charge is 2.03. The summed E-state index contributed by atoms with van der Waals surface area (Å²) in [7, 11) is 0. The van der Waals surface area contributed by atoms with Crippen LogP contribution in [0.5, 0.6) is 5.75 Å². The van der Waals surface area contributed by atoms with E-state index in [0.29, 0.717) is 22.7 Å². The van der Waals surface area contributed by atoms with Gasteiger partial charge in [0.05, 0.1) is 11.4 Å². The van der Waals surface area contributed by atoms with Gasteiger partial charge >= 0.3 is 0 Å². The number of aromatic hydroxyl groups is 1. The lowest BCUT2D eigenvalue weighted by molar-refractivity contribution is 0.468. The second-order valence-electron chi connectivity index (χ2n) is 4.03. The Morgan fingerprint density at radius 3 is 2.67 bits per heavy atom. The standard InChI is InChI=1S/C15H16N2O/c1-2-11-6-5-7-12(15(11)18)10-17-14-9-4-3-8-13(14)16/h3-10,18H,2,16H2,1H3. The molecule has 0 radical (unpaired) electrons. The molecule has 0 heterocycles. The van der Waals surface area contributed by atoms with Crippen LogP contribution in [-0.4, -0.2) is 11.3 Å². The third-order valence-corrected chi connectivity index (χ3v) is 2.81. The Balaban J connectivity index is 2.32. The van der Waals surface area contributed by atoms with E-state index in [1.54, 1.807) is 12.3 Å². The van der Waals surface area contributed by atoms with E-state index in [2.05, 4.69) is 4.99 Å². The highest BCUT2D eigenvalue weighted by atomic mass is 16.3. The number of para-hydroxylation sites is 3. The molecular weight excluding hydrogens is 224 g/mol. The number of nitrogens with two attached hydrogens (primary N) is 1. The second-order valence-corrected chi connectivity index (χ2v) is 4.03. The number of benzene rings is 2. The first-order valence-electron chi connectivity index (χ1n) is 5.91. The molecule has 0 unspecified atom stereocenters. The highest BCUT2D eigenvalue weighted by molar-refractivity contribution is 5.87. The number of nitrogens with zero attached hydrogens (tertiary/aromatic N) is 1. The summed E-state index contributed by atoms with van der Waals surface area (Å²) in [6.07, 6.45) is 2.43. The summed E-state index contributed by atoms with van der Waals surface area (Å²) in [4.78, 5) is 4.30. The zero-order valence-electron chi connectivity index (χ0n) is 10.3. The topological polar surface area (TPSA) is 58.6 Å². The summed E-state index contributed by atoms with van der Waals surface area (Å²) in [5, 5.41) is 10.0. The van der Waals surface area contributed by atoms with Crippen molar-refractivity contribution in [2.75, 3.05) is 5.73 Å². The van der Waals surface area contributed by atoms with Gasteiger partial charge in [0.25, 0.3) is 0 Å². The van der Waals surface area contributed by atoms with E-state index in [4.69, 9.17) is 5.73 Å². The molecule has 3 N–H and O–H groups in total. The lowest BCUT2D eigenvalue weighted by atomic mass is 10.1. The smallest absolute Gasteiger partial charge is 0.127 e. The quantitative estimate of drug-likeness (QED) is 0.639. The van der Waals surface area contributed by atoms with E-state index in [-0.39, 0.29) is 0 Å². The molecule has 0 spiro atoms. The molecule has 0 aromatic heterocycles. The Hall–Kier alpha value is -2.29. The molecule has 0 fully saturated rings. The van der Waals surface area contributed by atoms with Crippen LogP contribution in [0.15, 0.2) is 47.5 Å². The molecule has 2 aromatic rings. The van der Waals surface area contributed by atoms with Crippen molar-refractivity contribution in [3.8, 4) is 5.75 Å². The fourth-order valence-electron chi connectivity index (χ4n) is 1.74. The van der Waals surface area contributed by atoms with Crippen molar-refractivity contribution >= 4 is 17.6 Å². The van der Waals surface area contributed by atoms with E-state index < -0.39 is 0 Å². The maximum absolute atomic E-state index is 10.0. The van der Waals surface area contributed by atoms with Crippen LogP contribution in [0.4, 0.5) is 11.4 Å². The minimum atomic E-state index is 0.290. The molecule has 0 aliphatic carbocycles. The van der Waals surface area contributed by atoms with Crippen LogP contribution < -0.4 is 5.73 Å². The predicted octanol–water partition coefficient (Wildman–Crippen LogP) is 3.29. The van der Waals surface area contributed by atoms with Crippen molar-refractivity contribution in [1.29, 1.82) is 0 Å². The van der Waals surface area contributed by atoms with Crippen molar-refractivity contribution < 1.29 is 5.11 Å². The van der Waals surface area contributed by atoms with Gasteiger partial charge in [-0.1, -0.05) is 31.2 Å². The van der Waals surface area contributed by atoms with E-state index in [1.165, 1.54) is 0 Å². The van der Waals surface area contributed by atoms with Crippen molar-refractivity contribution in [3.63, 3.8) is 0 Å². The van der Waals surface area contributed by atoms with Crippen LogP contribution in [0, 0.1) is 0 Å². The van der Waals surface area contributed by atoms with E-state index in [9.17, 15) is 5.11 Å². The van der Waals surface area contributed by atoms with Crippen LogP contribution in [0.2, 0.25) is 0 Å². The molecule has 0 saturated heterocycles. The summed E-state index contributed by atoms with van der Waals surface area (Å²) in [6, 6.07) is 13.0. The summed E-state index contributed by atoms with van der Waals surface area (Å²) in [6.45, 7) is 2.01. The number of anilines is 1. The molecule has 0 bridgehead atoms. The van der Waals surface area contributed by atoms with Crippen LogP contribution in [0.3, 0.4) is 0 Å². The first-order valence-corrected chi connectivity index (χ1v) is 5.91. The van der Waals surface area contributed by atoms with Crippen molar-refractivity contribution in [3.05, 3.63) is 53.6 Å². The van der Waals surface area contributed by atoms with E-state index >= 15 is 0 Å². The normalized spacial score (nSPS) is 10.9. The van der Waals surface area contributed by atoms with Crippen molar-refractivity contribution in [1.82, 2.24) is 0 Å². The monoisotopic (exact) mass is 240 g/mol. The van der Waals surface area contributed by atoms with Crippen LogP contribution in [0.1, 0.15) is 18.1 Å². The summed E-state index contributed by atoms with van der Waals surface area (Å²) in [5.74, 6) is 0.290. The zero-order valence-corrected chi connectivity index (χ0v) is 10.3. The highest BCUT2D eigenvalue weighted by Crippen LogP contribution is 2.24. The minimum absolute atomic E-state index is 0.290. The minimum Gasteiger partial charge on any atom is -0.507 e. The summed E-state index contributed by atoms with van der Waals surface area (Å²) < 4.78 is 0. The average Bonchev–Trinajstić information content (AvgIpc) is 2.39. The molecule has 2 rings (SSSR count). The van der Waals surface area contributed by atoms with Gasteiger partial charge in [0.15, 0.2) is 0 Å². The van der Waals surface area contributed by atoms with Gasteiger partial charge in [-0.05, 0) is 30.2 Å². The number of hydrogen-bond donors (Lipinski definition) is 2. The van der Waals surface area contributed by atoms with Gasteiger partial charge in [0.1, 0.15) is 5.75 Å². The van der Waals surface area contributed by atoms with Gasteiger partial charge in [-0.25, -0.2) is 0 Å². The van der Waals surface area contributed by atoms with Gasteiger partial charge in [-0.3, -0.25) is 4.99 Å². The van der Waals surface area contributed by atoms with Crippen molar-refractivity contribution in [2.45, 2.75) is 13.3 Å². The summed E-state index contributed by atoms with van der Waals surface area (Å²) in [5.41, 5.74) is 8.76. The number of nitrogen functional groups attached to an aromatic ring is 1.